The average Bonchev–Trinajstić information content (AvgIpc) is 2.75. The number of rotatable bonds is 10. The fourth-order valence-corrected chi connectivity index (χ4v) is 3.83. The lowest BCUT2D eigenvalue weighted by Gasteiger charge is -2.32. The minimum Gasteiger partial charge on any atom is -0.352 e. The Hall–Kier alpha value is -2.64. The number of carbonyl (C=O) groups excluding carboxylic acids is 2. The molecular formula is C23H27Cl2N3O4. The first-order valence-electron chi connectivity index (χ1n) is 10.4. The predicted octanol–water partition coefficient (Wildman–Crippen LogP) is 5.17. The molecule has 0 fully saturated rings. The van der Waals surface area contributed by atoms with E-state index in [4.69, 9.17) is 23.2 Å². The highest BCUT2D eigenvalue weighted by Crippen LogP contribution is 2.28. The highest BCUT2D eigenvalue weighted by atomic mass is 35.5. The molecule has 2 aromatic rings. The molecule has 2 atom stereocenters. The van der Waals surface area contributed by atoms with Crippen molar-refractivity contribution in [3.63, 3.8) is 0 Å². The molecule has 0 unspecified atom stereocenters. The van der Waals surface area contributed by atoms with Crippen molar-refractivity contribution in [1.29, 1.82) is 0 Å². The molecule has 2 rings (SSSR count). The van der Waals surface area contributed by atoms with Crippen molar-refractivity contribution in [2.75, 3.05) is 0 Å². The summed E-state index contributed by atoms with van der Waals surface area (Å²) in [6.07, 6.45) is 0.863. The first-order valence-corrected chi connectivity index (χ1v) is 11.2. The van der Waals surface area contributed by atoms with Gasteiger partial charge in [0.05, 0.1) is 11.3 Å². The Morgan fingerprint density at radius 3 is 2.25 bits per heavy atom. The maximum absolute atomic E-state index is 13.4. The molecule has 0 heterocycles. The molecule has 32 heavy (non-hydrogen) atoms. The summed E-state index contributed by atoms with van der Waals surface area (Å²) in [6.45, 7) is 5.65. The number of carbonyl (C=O) groups is 2. The van der Waals surface area contributed by atoms with Crippen molar-refractivity contribution < 1.29 is 14.5 Å². The van der Waals surface area contributed by atoms with Crippen LogP contribution in [0.2, 0.25) is 10.0 Å². The number of nitrogens with one attached hydrogen (secondary N) is 1. The molecule has 0 saturated carbocycles. The van der Waals surface area contributed by atoms with Crippen LogP contribution in [0.4, 0.5) is 5.69 Å². The molecule has 0 spiro atoms. The topological polar surface area (TPSA) is 92.6 Å². The molecule has 9 heteroatoms. The smallest absolute Gasteiger partial charge is 0.273 e. The lowest BCUT2D eigenvalue weighted by molar-refractivity contribution is -0.385. The van der Waals surface area contributed by atoms with Gasteiger partial charge in [-0.1, -0.05) is 61.3 Å². The Morgan fingerprint density at radius 1 is 1.06 bits per heavy atom. The van der Waals surface area contributed by atoms with Gasteiger partial charge in [0.15, 0.2) is 0 Å². The molecule has 0 aliphatic rings. The first-order chi connectivity index (χ1) is 15.2. The molecule has 0 aromatic heterocycles. The Balaban J connectivity index is 2.43. The van der Waals surface area contributed by atoms with Crippen LogP contribution in [0.15, 0.2) is 42.5 Å². The lowest BCUT2D eigenvalue weighted by Crippen LogP contribution is -2.51. The average molecular weight is 480 g/mol. The largest absolute Gasteiger partial charge is 0.352 e. The summed E-state index contributed by atoms with van der Waals surface area (Å²) in [5, 5.41) is 15.1. The van der Waals surface area contributed by atoms with E-state index in [1.165, 1.54) is 17.0 Å². The van der Waals surface area contributed by atoms with Crippen LogP contribution in [0.5, 0.6) is 0 Å². The van der Waals surface area contributed by atoms with E-state index in [9.17, 15) is 19.7 Å². The second-order valence-electron chi connectivity index (χ2n) is 7.53. The zero-order chi connectivity index (χ0) is 23.8. The van der Waals surface area contributed by atoms with E-state index in [-0.39, 0.29) is 36.2 Å². The Bertz CT molecular complexity index is 963. The van der Waals surface area contributed by atoms with Gasteiger partial charge >= 0.3 is 0 Å². The monoisotopic (exact) mass is 479 g/mol. The van der Waals surface area contributed by atoms with Crippen molar-refractivity contribution >= 4 is 40.7 Å². The van der Waals surface area contributed by atoms with Gasteiger partial charge in [0.25, 0.3) is 5.69 Å². The van der Waals surface area contributed by atoms with Crippen molar-refractivity contribution in [2.24, 2.45) is 0 Å². The summed E-state index contributed by atoms with van der Waals surface area (Å²) in [7, 11) is 0. The third-order valence-corrected chi connectivity index (χ3v) is 6.02. The van der Waals surface area contributed by atoms with Crippen LogP contribution in [0, 0.1) is 10.1 Å². The SMILES string of the molecule is CC[C@H](C)NC(=O)[C@H](CC)N(Cc1c(Cl)cccc1Cl)C(=O)Cc1ccccc1[N+](=O)[O-]. The highest BCUT2D eigenvalue weighted by molar-refractivity contribution is 6.36. The van der Waals surface area contributed by atoms with Crippen LogP contribution in [0.3, 0.4) is 0 Å². The molecule has 0 radical (unpaired) electrons. The maximum atomic E-state index is 13.4. The third-order valence-electron chi connectivity index (χ3n) is 5.31. The van der Waals surface area contributed by atoms with Gasteiger partial charge in [-0.15, -0.1) is 0 Å². The van der Waals surface area contributed by atoms with Crippen LogP contribution >= 0.6 is 23.2 Å². The summed E-state index contributed by atoms with van der Waals surface area (Å²) >= 11 is 12.7. The number of hydrogen-bond donors (Lipinski definition) is 1. The number of nitrogens with zero attached hydrogens (tertiary/aromatic N) is 2. The highest BCUT2D eigenvalue weighted by Gasteiger charge is 2.31. The standard InChI is InChI=1S/C23H27Cl2N3O4/c1-4-15(3)26-23(30)20(5-2)27(14-17-18(24)10-8-11-19(17)25)22(29)13-16-9-6-7-12-21(16)28(31)32/h6-12,15,20H,4-5,13-14H2,1-3H3,(H,26,30)/t15-,20-/m0/s1. The third kappa shape index (κ3) is 6.43. The first kappa shape index (κ1) is 25.6. The molecule has 2 amide bonds. The van der Waals surface area contributed by atoms with Gasteiger partial charge in [0.1, 0.15) is 6.04 Å². The summed E-state index contributed by atoms with van der Waals surface area (Å²) in [4.78, 5) is 38.7. The molecule has 172 valence electrons. The fraction of sp³-hybridized carbons (Fsp3) is 0.391. The van der Waals surface area contributed by atoms with Gasteiger partial charge in [-0.25, -0.2) is 0 Å². The maximum Gasteiger partial charge on any atom is 0.273 e. The molecule has 0 aliphatic heterocycles. The van der Waals surface area contributed by atoms with Crippen molar-refractivity contribution in [3.8, 4) is 0 Å². The molecule has 0 saturated heterocycles. The molecule has 2 aromatic carbocycles. The molecule has 7 nitrogen and oxygen atoms in total. The molecule has 1 N–H and O–H groups in total. The van der Waals surface area contributed by atoms with Crippen LogP contribution in [-0.2, 0) is 22.6 Å². The van der Waals surface area contributed by atoms with Crippen LogP contribution < -0.4 is 5.32 Å². The number of para-hydroxylation sites is 1. The van der Waals surface area contributed by atoms with Gasteiger partial charge in [-0.05, 0) is 31.9 Å². The number of amides is 2. The van der Waals surface area contributed by atoms with E-state index < -0.39 is 16.9 Å². The molecule has 0 aliphatic carbocycles. The zero-order valence-electron chi connectivity index (χ0n) is 18.3. The van der Waals surface area contributed by atoms with E-state index in [0.717, 1.165) is 6.42 Å². The minimum absolute atomic E-state index is 0.00437. The quantitative estimate of drug-likeness (QED) is 0.375. The second kappa shape index (κ2) is 11.8. The van der Waals surface area contributed by atoms with Crippen molar-refractivity contribution in [1.82, 2.24) is 10.2 Å². The van der Waals surface area contributed by atoms with Gasteiger partial charge in [0, 0.05) is 39.8 Å². The summed E-state index contributed by atoms with van der Waals surface area (Å²) in [5.41, 5.74) is 0.644. The zero-order valence-corrected chi connectivity index (χ0v) is 19.8. The normalized spacial score (nSPS) is 12.7. The number of nitro benzene ring substituents is 1. The van der Waals surface area contributed by atoms with Crippen LogP contribution in [-0.4, -0.2) is 33.7 Å². The Labute approximate surface area is 197 Å². The van der Waals surface area contributed by atoms with E-state index in [1.807, 2.05) is 13.8 Å². The van der Waals surface area contributed by atoms with E-state index in [0.29, 0.717) is 22.0 Å². The molecule has 0 bridgehead atoms. The van der Waals surface area contributed by atoms with Crippen LogP contribution in [0.25, 0.3) is 0 Å². The second-order valence-corrected chi connectivity index (χ2v) is 8.34. The summed E-state index contributed by atoms with van der Waals surface area (Å²) in [5.74, 6) is -0.720. The van der Waals surface area contributed by atoms with Crippen molar-refractivity contribution in [3.05, 3.63) is 73.8 Å². The summed E-state index contributed by atoms with van der Waals surface area (Å²) < 4.78 is 0. The number of halogens is 2. The van der Waals surface area contributed by atoms with Gasteiger partial charge in [0.2, 0.25) is 11.8 Å². The van der Waals surface area contributed by atoms with Crippen LogP contribution in [0.1, 0.15) is 44.7 Å². The van der Waals surface area contributed by atoms with E-state index >= 15 is 0 Å². The molecular weight excluding hydrogens is 453 g/mol. The Morgan fingerprint density at radius 2 is 1.69 bits per heavy atom. The van der Waals surface area contributed by atoms with E-state index in [1.54, 1.807) is 37.3 Å². The number of nitro groups is 1. The Kier molecular flexibility index (Phi) is 9.47. The van der Waals surface area contributed by atoms with Crippen molar-refractivity contribution in [2.45, 2.75) is 58.7 Å². The minimum atomic E-state index is -0.786. The predicted molar refractivity (Wildman–Crippen MR) is 126 cm³/mol. The van der Waals surface area contributed by atoms with Gasteiger partial charge in [-0.2, -0.15) is 0 Å². The fourth-order valence-electron chi connectivity index (χ4n) is 3.32. The van der Waals surface area contributed by atoms with Gasteiger partial charge < -0.3 is 10.2 Å². The number of benzene rings is 2. The van der Waals surface area contributed by atoms with E-state index in [2.05, 4.69) is 5.32 Å². The van der Waals surface area contributed by atoms with Gasteiger partial charge in [-0.3, -0.25) is 19.7 Å². The number of hydrogen-bond acceptors (Lipinski definition) is 4. The lowest BCUT2D eigenvalue weighted by atomic mass is 10.0. The summed E-state index contributed by atoms with van der Waals surface area (Å²) in [6, 6.07) is 10.2.